The SMILES string of the molecule is CC1(C2CC2)CN(CC2CCCCO2)CCN1. The number of nitrogens with zero attached hydrogens (tertiary/aromatic N) is 1. The van der Waals surface area contributed by atoms with E-state index in [9.17, 15) is 0 Å². The quantitative estimate of drug-likeness (QED) is 0.809. The van der Waals surface area contributed by atoms with Crippen molar-refractivity contribution in [2.45, 2.75) is 50.7 Å². The standard InChI is InChI=1S/C14H26N2O/c1-14(12-5-6-12)11-16(8-7-15-14)10-13-4-2-3-9-17-13/h12-13,15H,2-11H2,1H3. The van der Waals surface area contributed by atoms with E-state index in [-0.39, 0.29) is 0 Å². The topological polar surface area (TPSA) is 24.5 Å². The lowest BCUT2D eigenvalue weighted by Crippen LogP contribution is -2.61. The fraction of sp³-hybridized carbons (Fsp3) is 1.00. The Kier molecular flexibility index (Phi) is 3.42. The minimum Gasteiger partial charge on any atom is -0.377 e. The van der Waals surface area contributed by atoms with Crippen LogP contribution in [0.4, 0.5) is 0 Å². The molecule has 2 saturated heterocycles. The summed E-state index contributed by atoms with van der Waals surface area (Å²) in [4.78, 5) is 2.63. The molecule has 0 aromatic heterocycles. The zero-order chi connectivity index (χ0) is 11.7. The molecule has 2 atom stereocenters. The van der Waals surface area contributed by atoms with E-state index in [0.29, 0.717) is 11.6 Å². The summed E-state index contributed by atoms with van der Waals surface area (Å²) in [6.07, 6.45) is 7.25. The number of hydrogen-bond donors (Lipinski definition) is 1. The monoisotopic (exact) mass is 238 g/mol. The molecule has 0 aromatic carbocycles. The molecule has 1 aliphatic carbocycles. The predicted octanol–water partition coefficient (Wildman–Crippen LogP) is 1.63. The number of rotatable bonds is 3. The first-order chi connectivity index (χ1) is 8.26. The maximum absolute atomic E-state index is 5.86. The molecule has 3 aliphatic rings. The Labute approximate surface area is 105 Å². The molecule has 3 nitrogen and oxygen atoms in total. The summed E-state index contributed by atoms with van der Waals surface area (Å²) in [6, 6.07) is 0. The van der Waals surface area contributed by atoms with Gasteiger partial charge in [0.1, 0.15) is 0 Å². The molecule has 1 N–H and O–H groups in total. The van der Waals surface area contributed by atoms with Crippen LogP contribution in [-0.2, 0) is 4.74 Å². The molecule has 0 radical (unpaired) electrons. The third-order valence-electron chi connectivity index (χ3n) is 4.72. The van der Waals surface area contributed by atoms with Crippen LogP contribution in [0.25, 0.3) is 0 Å². The van der Waals surface area contributed by atoms with Crippen LogP contribution in [0.15, 0.2) is 0 Å². The van der Waals surface area contributed by atoms with Gasteiger partial charge >= 0.3 is 0 Å². The summed E-state index contributed by atoms with van der Waals surface area (Å²) in [5, 5.41) is 3.74. The van der Waals surface area contributed by atoms with Crippen molar-refractivity contribution in [1.82, 2.24) is 10.2 Å². The minimum atomic E-state index is 0.382. The van der Waals surface area contributed by atoms with E-state index in [0.717, 1.165) is 25.6 Å². The second kappa shape index (κ2) is 4.87. The Hall–Kier alpha value is -0.120. The van der Waals surface area contributed by atoms with Gasteiger partial charge in [-0.3, -0.25) is 4.90 Å². The molecule has 98 valence electrons. The zero-order valence-corrected chi connectivity index (χ0v) is 11.1. The maximum Gasteiger partial charge on any atom is 0.0702 e. The highest BCUT2D eigenvalue weighted by molar-refractivity contribution is 5.02. The highest BCUT2D eigenvalue weighted by Gasteiger charge is 2.43. The number of piperazine rings is 1. The average molecular weight is 238 g/mol. The van der Waals surface area contributed by atoms with Gasteiger partial charge in [-0.05, 0) is 44.9 Å². The summed E-state index contributed by atoms with van der Waals surface area (Å²) >= 11 is 0. The Morgan fingerprint density at radius 1 is 1.29 bits per heavy atom. The van der Waals surface area contributed by atoms with E-state index in [4.69, 9.17) is 4.74 Å². The van der Waals surface area contributed by atoms with E-state index in [1.54, 1.807) is 0 Å². The van der Waals surface area contributed by atoms with Crippen molar-refractivity contribution < 1.29 is 4.74 Å². The van der Waals surface area contributed by atoms with Crippen LogP contribution in [0, 0.1) is 5.92 Å². The van der Waals surface area contributed by atoms with Crippen molar-refractivity contribution in [3.63, 3.8) is 0 Å². The third kappa shape index (κ3) is 2.83. The van der Waals surface area contributed by atoms with Gasteiger partial charge in [0.2, 0.25) is 0 Å². The Balaban J connectivity index is 1.52. The Morgan fingerprint density at radius 2 is 2.18 bits per heavy atom. The van der Waals surface area contributed by atoms with E-state index in [1.807, 2.05) is 0 Å². The van der Waals surface area contributed by atoms with Gasteiger partial charge in [0.25, 0.3) is 0 Å². The zero-order valence-electron chi connectivity index (χ0n) is 11.1. The predicted molar refractivity (Wildman–Crippen MR) is 69.2 cm³/mol. The number of hydrogen-bond acceptors (Lipinski definition) is 3. The van der Waals surface area contributed by atoms with E-state index in [1.165, 1.54) is 45.2 Å². The van der Waals surface area contributed by atoms with Gasteiger partial charge in [-0.1, -0.05) is 0 Å². The van der Waals surface area contributed by atoms with Crippen LogP contribution in [0.1, 0.15) is 39.0 Å². The van der Waals surface area contributed by atoms with Gasteiger partial charge in [0.15, 0.2) is 0 Å². The van der Waals surface area contributed by atoms with Gasteiger partial charge in [-0.15, -0.1) is 0 Å². The second-order valence-electron chi connectivity index (χ2n) is 6.34. The lowest BCUT2D eigenvalue weighted by Gasteiger charge is -2.43. The van der Waals surface area contributed by atoms with Crippen molar-refractivity contribution in [1.29, 1.82) is 0 Å². The van der Waals surface area contributed by atoms with Crippen molar-refractivity contribution in [2.24, 2.45) is 5.92 Å². The molecule has 1 saturated carbocycles. The van der Waals surface area contributed by atoms with Gasteiger partial charge in [0, 0.05) is 38.3 Å². The van der Waals surface area contributed by atoms with Crippen LogP contribution < -0.4 is 5.32 Å². The lowest BCUT2D eigenvalue weighted by molar-refractivity contribution is -0.0163. The first kappa shape index (κ1) is 11.9. The van der Waals surface area contributed by atoms with Crippen LogP contribution in [-0.4, -0.2) is 49.3 Å². The molecule has 2 heterocycles. The van der Waals surface area contributed by atoms with Crippen molar-refractivity contribution >= 4 is 0 Å². The second-order valence-corrected chi connectivity index (χ2v) is 6.34. The van der Waals surface area contributed by atoms with Gasteiger partial charge in [-0.25, -0.2) is 0 Å². The molecule has 17 heavy (non-hydrogen) atoms. The molecule has 0 aromatic rings. The smallest absolute Gasteiger partial charge is 0.0702 e. The summed E-state index contributed by atoms with van der Waals surface area (Å²) in [5.41, 5.74) is 0.382. The van der Waals surface area contributed by atoms with Crippen molar-refractivity contribution in [3.05, 3.63) is 0 Å². The van der Waals surface area contributed by atoms with Crippen LogP contribution in [0.3, 0.4) is 0 Å². The summed E-state index contributed by atoms with van der Waals surface area (Å²) < 4.78 is 5.86. The molecular weight excluding hydrogens is 212 g/mol. The Bertz CT molecular complexity index is 261. The average Bonchev–Trinajstić information content (AvgIpc) is 3.14. The minimum absolute atomic E-state index is 0.382. The van der Waals surface area contributed by atoms with Gasteiger partial charge in [0.05, 0.1) is 6.10 Å². The van der Waals surface area contributed by atoms with Crippen LogP contribution >= 0.6 is 0 Å². The lowest BCUT2D eigenvalue weighted by atomic mass is 9.92. The summed E-state index contributed by atoms with van der Waals surface area (Å²) in [5.74, 6) is 0.928. The van der Waals surface area contributed by atoms with Crippen molar-refractivity contribution in [3.8, 4) is 0 Å². The maximum atomic E-state index is 5.86. The molecule has 3 rings (SSSR count). The number of ether oxygens (including phenoxy) is 1. The largest absolute Gasteiger partial charge is 0.377 e. The van der Waals surface area contributed by atoms with Crippen LogP contribution in [0.5, 0.6) is 0 Å². The molecule has 2 aliphatic heterocycles. The fourth-order valence-corrected chi connectivity index (χ4v) is 3.49. The van der Waals surface area contributed by atoms with E-state index < -0.39 is 0 Å². The normalized spacial score (nSPS) is 40.4. The van der Waals surface area contributed by atoms with Crippen LogP contribution in [0.2, 0.25) is 0 Å². The molecule has 3 heteroatoms. The van der Waals surface area contributed by atoms with Gasteiger partial charge < -0.3 is 10.1 Å². The molecule has 0 bridgehead atoms. The molecule has 3 fully saturated rings. The first-order valence-corrected chi connectivity index (χ1v) is 7.35. The molecule has 0 amide bonds. The third-order valence-corrected chi connectivity index (χ3v) is 4.72. The Morgan fingerprint density at radius 3 is 2.88 bits per heavy atom. The first-order valence-electron chi connectivity index (χ1n) is 7.35. The highest BCUT2D eigenvalue weighted by atomic mass is 16.5. The van der Waals surface area contributed by atoms with Crippen molar-refractivity contribution in [2.75, 3.05) is 32.8 Å². The van der Waals surface area contributed by atoms with E-state index >= 15 is 0 Å². The van der Waals surface area contributed by atoms with Gasteiger partial charge in [-0.2, -0.15) is 0 Å². The fourth-order valence-electron chi connectivity index (χ4n) is 3.49. The molecular formula is C14H26N2O. The van der Waals surface area contributed by atoms with E-state index in [2.05, 4.69) is 17.1 Å². The summed E-state index contributed by atoms with van der Waals surface area (Å²) in [7, 11) is 0. The molecule has 2 unspecified atom stereocenters. The summed E-state index contributed by atoms with van der Waals surface area (Å²) in [6.45, 7) is 8.12. The highest BCUT2D eigenvalue weighted by Crippen LogP contribution is 2.40. The number of nitrogens with one attached hydrogen (secondary N) is 1. The molecule has 0 spiro atoms.